The lowest BCUT2D eigenvalue weighted by molar-refractivity contribution is -0.0406. The van der Waals surface area contributed by atoms with Crippen LogP contribution < -0.4 is 14.8 Å². The van der Waals surface area contributed by atoms with Crippen LogP contribution in [0.1, 0.15) is 0 Å². The highest BCUT2D eigenvalue weighted by Gasteiger charge is 2.20. The van der Waals surface area contributed by atoms with Crippen molar-refractivity contribution in [3.05, 3.63) is 48.5 Å². The van der Waals surface area contributed by atoms with Crippen LogP contribution in [0, 0.1) is 5.82 Å². The first-order valence-electron chi connectivity index (χ1n) is 9.40. The van der Waals surface area contributed by atoms with E-state index < -0.39 is 0 Å². The van der Waals surface area contributed by atoms with E-state index in [4.69, 9.17) is 14.2 Å². The van der Waals surface area contributed by atoms with Crippen molar-refractivity contribution < 1.29 is 18.6 Å². The minimum atomic E-state index is -0.293. The molecule has 1 atom stereocenters. The molecule has 1 aliphatic heterocycles. The number of morpholine rings is 1. The molecular formula is C21H23FN4O3. The highest BCUT2D eigenvalue weighted by atomic mass is 19.1. The van der Waals surface area contributed by atoms with Gasteiger partial charge in [0.25, 0.3) is 0 Å². The molecule has 1 aliphatic rings. The number of hydrogen-bond donors (Lipinski definition) is 1. The molecule has 29 heavy (non-hydrogen) atoms. The van der Waals surface area contributed by atoms with Gasteiger partial charge in [0.05, 0.1) is 19.2 Å². The van der Waals surface area contributed by atoms with Crippen LogP contribution in [-0.2, 0) is 4.74 Å². The predicted octanol–water partition coefficient (Wildman–Crippen LogP) is 3.23. The van der Waals surface area contributed by atoms with Crippen LogP contribution in [0.3, 0.4) is 0 Å². The van der Waals surface area contributed by atoms with Gasteiger partial charge in [-0.2, -0.15) is 0 Å². The van der Waals surface area contributed by atoms with Crippen molar-refractivity contribution in [2.24, 2.45) is 0 Å². The zero-order valence-corrected chi connectivity index (χ0v) is 16.4. The third kappa shape index (κ3) is 4.55. The number of methoxy groups -OCH3 is 1. The third-order valence-electron chi connectivity index (χ3n) is 4.79. The van der Waals surface area contributed by atoms with E-state index in [0.29, 0.717) is 36.0 Å². The normalized spacial score (nSPS) is 17.3. The van der Waals surface area contributed by atoms with Crippen molar-refractivity contribution in [3.8, 4) is 11.5 Å². The van der Waals surface area contributed by atoms with Crippen LogP contribution in [0.25, 0.3) is 10.9 Å². The Hall–Kier alpha value is -2.97. The average Bonchev–Trinajstić information content (AvgIpc) is 2.73. The molecule has 1 N–H and O–H groups in total. The Kier molecular flexibility index (Phi) is 5.73. The Balaban J connectivity index is 1.60. The van der Waals surface area contributed by atoms with Gasteiger partial charge in [-0.25, -0.2) is 14.4 Å². The summed E-state index contributed by atoms with van der Waals surface area (Å²) in [6.45, 7) is 2.85. The maximum absolute atomic E-state index is 13.2. The molecular weight excluding hydrogens is 375 g/mol. The van der Waals surface area contributed by atoms with E-state index in [1.807, 2.05) is 12.1 Å². The van der Waals surface area contributed by atoms with Gasteiger partial charge in [0.2, 0.25) is 0 Å². The van der Waals surface area contributed by atoms with Crippen LogP contribution >= 0.6 is 0 Å². The van der Waals surface area contributed by atoms with Crippen LogP contribution in [0.2, 0.25) is 0 Å². The molecule has 3 aromatic rings. The first-order valence-corrected chi connectivity index (χ1v) is 9.40. The molecule has 4 rings (SSSR count). The van der Waals surface area contributed by atoms with Gasteiger partial charge >= 0.3 is 0 Å². The molecule has 0 bridgehead atoms. The molecule has 1 fully saturated rings. The first-order chi connectivity index (χ1) is 14.1. The highest BCUT2D eigenvalue weighted by Crippen LogP contribution is 2.35. The summed E-state index contributed by atoms with van der Waals surface area (Å²) in [6.07, 6.45) is 1.47. The molecule has 0 aliphatic carbocycles. The topological polar surface area (TPSA) is 68.7 Å². The molecule has 0 amide bonds. The van der Waals surface area contributed by atoms with E-state index in [-0.39, 0.29) is 11.9 Å². The minimum Gasteiger partial charge on any atom is -0.493 e. The van der Waals surface area contributed by atoms with Gasteiger partial charge in [0.1, 0.15) is 30.7 Å². The number of anilines is 2. The summed E-state index contributed by atoms with van der Waals surface area (Å²) in [6, 6.07) is 9.76. The standard InChI is InChI=1S/C21H23FN4O3/c1-26-7-8-28-16(11-26)12-29-20-9-17-18(10-19(20)27-2)23-13-24-21(17)25-15-5-3-14(22)4-6-15/h3-6,9-10,13,16H,7-8,11-12H2,1-2H3,(H,23,24,25). The molecule has 152 valence electrons. The second-order valence-corrected chi connectivity index (χ2v) is 6.94. The number of halogens is 1. The minimum absolute atomic E-state index is 0.00186. The lowest BCUT2D eigenvalue weighted by Gasteiger charge is -2.30. The molecule has 2 aromatic carbocycles. The fraction of sp³-hybridized carbons (Fsp3) is 0.333. The van der Waals surface area contributed by atoms with Gasteiger partial charge in [0, 0.05) is 30.2 Å². The fourth-order valence-electron chi connectivity index (χ4n) is 3.26. The molecule has 8 heteroatoms. The Labute approximate surface area is 168 Å². The van der Waals surface area contributed by atoms with Crippen LogP contribution in [0.15, 0.2) is 42.7 Å². The Bertz CT molecular complexity index is 984. The summed E-state index contributed by atoms with van der Waals surface area (Å²) in [5.41, 5.74) is 1.44. The van der Waals surface area contributed by atoms with E-state index in [2.05, 4.69) is 27.2 Å². The second kappa shape index (κ2) is 8.59. The van der Waals surface area contributed by atoms with E-state index in [1.165, 1.54) is 18.5 Å². The Morgan fingerprint density at radius 2 is 2.03 bits per heavy atom. The van der Waals surface area contributed by atoms with Gasteiger partial charge in [-0.3, -0.25) is 0 Å². The SMILES string of the molecule is COc1cc2ncnc(Nc3ccc(F)cc3)c2cc1OCC1CN(C)CCO1. The quantitative estimate of drug-likeness (QED) is 0.684. The van der Waals surface area contributed by atoms with Gasteiger partial charge < -0.3 is 24.4 Å². The van der Waals surface area contributed by atoms with E-state index in [0.717, 1.165) is 24.2 Å². The van der Waals surface area contributed by atoms with Gasteiger partial charge in [-0.1, -0.05) is 0 Å². The lowest BCUT2D eigenvalue weighted by atomic mass is 10.2. The summed E-state index contributed by atoms with van der Waals surface area (Å²) in [7, 11) is 3.66. The van der Waals surface area contributed by atoms with Crippen LogP contribution in [0.5, 0.6) is 11.5 Å². The number of aromatic nitrogens is 2. The molecule has 0 saturated carbocycles. The zero-order chi connectivity index (χ0) is 20.2. The monoisotopic (exact) mass is 398 g/mol. The zero-order valence-electron chi connectivity index (χ0n) is 16.4. The fourth-order valence-corrected chi connectivity index (χ4v) is 3.26. The first kappa shape index (κ1) is 19.4. The number of fused-ring (bicyclic) bond motifs is 1. The van der Waals surface area contributed by atoms with Crippen molar-refractivity contribution in [1.29, 1.82) is 0 Å². The van der Waals surface area contributed by atoms with Crippen molar-refractivity contribution >= 4 is 22.4 Å². The van der Waals surface area contributed by atoms with E-state index in [1.54, 1.807) is 19.2 Å². The molecule has 1 aromatic heterocycles. The smallest absolute Gasteiger partial charge is 0.162 e. The highest BCUT2D eigenvalue weighted by molar-refractivity contribution is 5.93. The van der Waals surface area contributed by atoms with Crippen molar-refractivity contribution in [3.63, 3.8) is 0 Å². The second-order valence-electron chi connectivity index (χ2n) is 6.94. The maximum atomic E-state index is 13.2. The Morgan fingerprint density at radius 3 is 2.79 bits per heavy atom. The number of nitrogens with one attached hydrogen (secondary N) is 1. The predicted molar refractivity (Wildman–Crippen MR) is 109 cm³/mol. The third-order valence-corrected chi connectivity index (χ3v) is 4.79. The van der Waals surface area contributed by atoms with Gasteiger partial charge in [-0.05, 0) is 37.4 Å². The van der Waals surface area contributed by atoms with Crippen LogP contribution in [-0.4, -0.2) is 61.4 Å². The average molecular weight is 398 g/mol. The number of hydrogen-bond acceptors (Lipinski definition) is 7. The number of ether oxygens (including phenoxy) is 3. The van der Waals surface area contributed by atoms with Crippen molar-refractivity contribution in [1.82, 2.24) is 14.9 Å². The number of nitrogens with zero attached hydrogens (tertiary/aromatic N) is 3. The molecule has 0 radical (unpaired) electrons. The Morgan fingerprint density at radius 1 is 1.21 bits per heavy atom. The van der Waals surface area contributed by atoms with Gasteiger partial charge in [0.15, 0.2) is 11.5 Å². The van der Waals surface area contributed by atoms with Crippen LogP contribution in [0.4, 0.5) is 15.9 Å². The molecule has 0 spiro atoms. The summed E-state index contributed by atoms with van der Waals surface area (Å²) in [4.78, 5) is 10.9. The van der Waals surface area contributed by atoms with Crippen molar-refractivity contribution in [2.45, 2.75) is 6.10 Å². The summed E-state index contributed by atoms with van der Waals surface area (Å²) >= 11 is 0. The molecule has 1 unspecified atom stereocenters. The summed E-state index contributed by atoms with van der Waals surface area (Å²) in [5.74, 6) is 1.49. The van der Waals surface area contributed by atoms with Crippen molar-refractivity contribution in [2.75, 3.05) is 45.8 Å². The number of benzene rings is 2. The molecule has 1 saturated heterocycles. The number of likely N-dealkylation sites (N-methyl/N-ethyl adjacent to an activating group) is 1. The largest absolute Gasteiger partial charge is 0.493 e. The van der Waals surface area contributed by atoms with E-state index in [9.17, 15) is 4.39 Å². The summed E-state index contributed by atoms with van der Waals surface area (Å²) < 4.78 is 30.5. The van der Waals surface area contributed by atoms with Gasteiger partial charge in [-0.15, -0.1) is 0 Å². The lowest BCUT2D eigenvalue weighted by Crippen LogP contribution is -2.42. The molecule has 2 heterocycles. The van der Waals surface area contributed by atoms with E-state index >= 15 is 0 Å². The number of rotatable bonds is 6. The summed E-state index contributed by atoms with van der Waals surface area (Å²) in [5, 5.41) is 3.98. The molecule has 7 nitrogen and oxygen atoms in total. The maximum Gasteiger partial charge on any atom is 0.162 e.